The summed E-state index contributed by atoms with van der Waals surface area (Å²) in [5, 5.41) is 2.73. The van der Waals surface area contributed by atoms with Crippen LogP contribution < -0.4 is 14.8 Å². The molecule has 1 fully saturated rings. The van der Waals surface area contributed by atoms with Crippen LogP contribution in [0.3, 0.4) is 0 Å². The molecule has 1 aromatic rings. The number of carbonyl (C=O) groups excluding carboxylic acids is 2. The SMILES string of the molecule is CC1C(=O)NCCN1C(=O)C1COc2ccccc2O1. The molecule has 0 radical (unpaired) electrons. The number of amides is 2. The largest absolute Gasteiger partial charge is 0.485 e. The zero-order valence-electron chi connectivity index (χ0n) is 11.2. The summed E-state index contributed by atoms with van der Waals surface area (Å²) in [6.45, 7) is 2.84. The van der Waals surface area contributed by atoms with E-state index in [0.29, 0.717) is 24.6 Å². The monoisotopic (exact) mass is 276 g/mol. The molecule has 2 atom stereocenters. The normalized spacial score (nSPS) is 25.1. The van der Waals surface area contributed by atoms with Gasteiger partial charge in [0.1, 0.15) is 12.6 Å². The molecule has 3 rings (SSSR count). The molecule has 6 nitrogen and oxygen atoms in total. The zero-order valence-corrected chi connectivity index (χ0v) is 11.2. The van der Waals surface area contributed by atoms with Crippen LogP contribution in [0.25, 0.3) is 0 Å². The molecule has 0 spiro atoms. The molecule has 20 heavy (non-hydrogen) atoms. The predicted molar refractivity (Wildman–Crippen MR) is 70.5 cm³/mol. The number of piperazine rings is 1. The summed E-state index contributed by atoms with van der Waals surface area (Å²) in [5.74, 6) is 0.857. The van der Waals surface area contributed by atoms with Gasteiger partial charge in [-0.05, 0) is 19.1 Å². The van der Waals surface area contributed by atoms with Crippen molar-refractivity contribution >= 4 is 11.8 Å². The third-order valence-corrected chi connectivity index (χ3v) is 3.57. The van der Waals surface area contributed by atoms with Gasteiger partial charge in [0, 0.05) is 13.1 Å². The summed E-state index contributed by atoms with van der Waals surface area (Å²) in [6, 6.07) is 6.76. The number of para-hydroxylation sites is 2. The summed E-state index contributed by atoms with van der Waals surface area (Å²) >= 11 is 0. The number of nitrogens with zero attached hydrogens (tertiary/aromatic N) is 1. The van der Waals surface area contributed by atoms with Crippen molar-refractivity contribution in [2.24, 2.45) is 0 Å². The molecule has 1 saturated heterocycles. The highest BCUT2D eigenvalue weighted by Gasteiger charge is 2.36. The van der Waals surface area contributed by atoms with E-state index >= 15 is 0 Å². The van der Waals surface area contributed by atoms with E-state index in [1.165, 1.54) is 0 Å². The average molecular weight is 276 g/mol. The third kappa shape index (κ3) is 2.17. The highest BCUT2D eigenvalue weighted by atomic mass is 16.6. The Labute approximate surface area is 116 Å². The highest BCUT2D eigenvalue weighted by molar-refractivity contribution is 5.90. The topological polar surface area (TPSA) is 67.9 Å². The smallest absolute Gasteiger partial charge is 0.268 e. The van der Waals surface area contributed by atoms with E-state index in [9.17, 15) is 9.59 Å². The average Bonchev–Trinajstić information content (AvgIpc) is 2.49. The van der Waals surface area contributed by atoms with E-state index < -0.39 is 12.1 Å². The second-order valence-electron chi connectivity index (χ2n) is 4.86. The minimum absolute atomic E-state index is 0.137. The Kier molecular flexibility index (Phi) is 3.22. The maximum atomic E-state index is 12.5. The second kappa shape index (κ2) is 5.03. The summed E-state index contributed by atoms with van der Waals surface area (Å²) in [5.41, 5.74) is 0. The first-order valence-corrected chi connectivity index (χ1v) is 6.63. The lowest BCUT2D eigenvalue weighted by molar-refractivity contribution is -0.149. The van der Waals surface area contributed by atoms with Crippen LogP contribution in [-0.2, 0) is 9.59 Å². The van der Waals surface area contributed by atoms with Gasteiger partial charge in [0.15, 0.2) is 11.5 Å². The molecule has 0 aromatic heterocycles. The molecule has 2 aliphatic rings. The van der Waals surface area contributed by atoms with Gasteiger partial charge in [0.05, 0.1) is 0 Å². The van der Waals surface area contributed by atoms with Crippen molar-refractivity contribution in [3.05, 3.63) is 24.3 Å². The minimum atomic E-state index is -0.696. The summed E-state index contributed by atoms with van der Waals surface area (Å²) < 4.78 is 11.2. The van der Waals surface area contributed by atoms with Gasteiger partial charge in [0.25, 0.3) is 5.91 Å². The maximum absolute atomic E-state index is 12.5. The van der Waals surface area contributed by atoms with Crippen molar-refractivity contribution in [3.8, 4) is 11.5 Å². The molecule has 2 amide bonds. The van der Waals surface area contributed by atoms with Gasteiger partial charge in [-0.2, -0.15) is 0 Å². The molecular formula is C14H16N2O4. The number of hydrogen-bond acceptors (Lipinski definition) is 4. The van der Waals surface area contributed by atoms with Crippen LogP contribution in [0, 0.1) is 0 Å². The van der Waals surface area contributed by atoms with E-state index in [1.54, 1.807) is 24.0 Å². The number of rotatable bonds is 1. The second-order valence-corrected chi connectivity index (χ2v) is 4.86. The first-order valence-electron chi connectivity index (χ1n) is 6.63. The van der Waals surface area contributed by atoms with Crippen molar-refractivity contribution in [2.45, 2.75) is 19.1 Å². The molecule has 106 valence electrons. The van der Waals surface area contributed by atoms with Gasteiger partial charge in [-0.25, -0.2) is 0 Å². The van der Waals surface area contributed by atoms with E-state index in [0.717, 1.165) is 0 Å². The fourth-order valence-corrected chi connectivity index (χ4v) is 2.41. The standard InChI is InChI=1S/C14H16N2O4/c1-9-13(17)15-6-7-16(9)14(18)12-8-19-10-4-2-3-5-11(10)20-12/h2-5,9,12H,6-8H2,1H3,(H,15,17). The minimum Gasteiger partial charge on any atom is -0.485 e. The Bertz CT molecular complexity index is 546. The summed E-state index contributed by atoms with van der Waals surface area (Å²) in [7, 11) is 0. The lowest BCUT2D eigenvalue weighted by Crippen LogP contribution is -2.59. The molecule has 0 saturated carbocycles. The van der Waals surface area contributed by atoms with E-state index in [4.69, 9.17) is 9.47 Å². The fourth-order valence-electron chi connectivity index (χ4n) is 2.41. The molecule has 2 unspecified atom stereocenters. The van der Waals surface area contributed by atoms with Crippen LogP contribution in [0.4, 0.5) is 0 Å². The van der Waals surface area contributed by atoms with Crippen LogP contribution in [0.5, 0.6) is 11.5 Å². The number of fused-ring (bicyclic) bond motifs is 1. The van der Waals surface area contributed by atoms with Gasteiger partial charge in [-0.1, -0.05) is 12.1 Å². The van der Waals surface area contributed by atoms with E-state index in [1.807, 2.05) is 12.1 Å². The Balaban J connectivity index is 1.74. The van der Waals surface area contributed by atoms with E-state index in [-0.39, 0.29) is 18.4 Å². The van der Waals surface area contributed by atoms with Crippen LogP contribution in [0.2, 0.25) is 0 Å². The Morgan fingerprint density at radius 3 is 2.90 bits per heavy atom. The Morgan fingerprint density at radius 1 is 1.35 bits per heavy atom. The van der Waals surface area contributed by atoms with Crippen molar-refractivity contribution in [1.29, 1.82) is 0 Å². The first kappa shape index (κ1) is 12.8. The number of ether oxygens (including phenoxy) is 2. The van der Waals surface area contributed by atoms with Gasteiger partial charge < -0.3 is 19.7 Å². The lowest BCUT2D eigenvalue weighted by Gasteiger charge is -2.36. The maximum Gasteiger partial charge on any atom is 0.268 e. The van der Waals surface area contributed by atoms with Gasteiger partial charge in [0.2, 0.25) is 12.0 Å². The van der Waals surface area contributed by atoms with Gasteiger partial charge >= 0.3 is 0 Å². The van der Waals surface area contributed by atoms with Crippen LogP contribution >= 0.6 is 0 Å². The van der Waals surface area contributed by atoms with Crippen LogP contribution in [0.1, 0.15) is 6.92 Å². The molecule has 1 aromatic carbocycles. The Hall–Kier alpha value is -2.24. The molecule has 2 aliphatic heterocycles. The molecular weight excluding hydrogens is 260 g/mol. The number of benzene rings is 1. The Morgan fingerprint density at radius 2 is 2.10 bits per heavy atom. The molecule has 0 bridgehead atoms. The summed E-state index contributed by atoms with van der Waals surface area (Å²) in [4.78, 5) is 25.6. The van der Waals surface area contributed by atoms with Gasteiger partial charge in [-0.15, -0.1) is 0 Å². The van der Waals surface area contributed by atoms with Crippen molar-refractivity contribution in [2.75, 3.05) is 19.7 Å². The van der Waals surface area contributed by atoms with Crippen molar-refractivity contribution in [3.63, 3.8) is 0 Å². The molecule has 6 heteroatoms. The fraction of sp³-hybridized carbons (Fsp3) is 0.429. The molecule has 2 heterocycles. The quantitative estimate of drug-likeness (QED) is 0.794. The van der Waals surface area contributed by atoms with E-state index in [2.05, 4.69) is 5.32 Å². The molecule has 1 N–H and O–H groups in total. The number of hydrogen-bond donors (Lipinski definition) is 1. The highest BCUT2D eigenvalue weighted by Crippen LogP contribution is 2.31. The van der Waals surface area contributed by atoms with Gasteiger partial charge in [-0.3, -0.25) is 9.59 Å². The number of nitrogens with one attached hydrogen (secondary N) is 1. The zero-order chi connectivity index (χ0) is 14.1. The summed E-state index contributed by atoms with van der Waals surface area (Å²) in [6.07, 6.45) is -0.696. The lowest BCUT2D eigenvalue weighted by atomic mass is 10.1. The van der Waals surface area contributed by atoms with Crippen LogP contribution in [-0.4, -0.2) is 48.6 Å². The predicted octanol–water partition coefficient (Wildman–Crippen LogP) is 0.173. The van der Waals surface area contributed by atoms with Crippen molar-refractivity contribution < 1.29 is 19.1 Å². The molecule has 0 aliphatic carbocycles. The van der Waals surface area contributed by atoms with Crippen molar-refractivity contribution in [1.82, 2.24) is 10.2 Å². The van der Waals surface area contributed by atoms with Crippen LogP contribution in [0.15, 0.2) is 24.3 Å². The third-order valence-electron chi connectivity index (χ3n) is 3.57. The number of carbonyl (C=O) groups is 2. The first-order chi connectivity index (χ1) is 9.66.